The second kappa shape index (κ2) is 6.63. The molecule has 0 unspecified atom stereocenters. The Kier molecular flexibility index (Phi) is 4.16. The Hall–Kier alpha value is -3.15. The summed E-state index contributed by atoms with van der Waals surface area (Å²) in [7, 11) is 0. The first-order valence-corrected chi connectivity index (χ1v) is 8.62. The number of imidazole rings is 1. The Morgan fingerprint density at radius 3 is 2.69 bits per heavy atom. The van der Waals surface area contributed by atoms with E-state index >= 15 is 0 Å². The summed E-state index contributed by atoms with van der Waals surface area (Å²) in [5.41, 5.74) is 2.74. The third-order valence-electron chi connectivity index (χ3n) is 4.38. The third kappa shape index (κ3) is 3.31. The van der Waals surface area contributed by atoms with E-state index in [0.29, 0.717) is 17.1 Å². The number of carbonyl (C=O) groups excluding carboxylic acids is 2. The summed E-state index contributed by atoms with van der Waals surface area (Å²) in [6.07, 6.45) is 4.07. The third-order valence-corrected chi connectivity index (χ3v) is 4.38. The Labute approximate surface area is 150 Å². The van der Waals surface area contributed by atoms with Gasteiger partial charge >= 0.3 is 5.97 Å². The highest BCUT2D eigenvalue weighted by Crippen LogP contribution is 2.40. The highest BCUT2D eigenvalue weighted by Gasteiger charge is 2.30. The van der Waals surface area contributed by atoms with E-state index in [1.165, 1.54) is 0 Å². The predicted octanol–water partition coefficient (Wildman–Crippen LogP) is 3.32. The van der Waals surface area contributed by atoms with Gasteiger partial charge in [0.2, 0.25) is 0 Å². The Balaban J connectivity index is 1.44. The van der Waals surface area contributed by atoms with Crippen molar-refractivity contribution in [3.63, 3.8) is 0 Å². The summed E-state index contributed by atoms with van der Waals surface area (Å²) in [6, 6.07) is 13.0. The van der Waals surface area contributed by atoms with Crippen molar-refractivity contribution in [2.45, 2.75) is 25.7 Å². The Morgan fingerprint density at radius 1 is 1.19 bits per heavy atom. The first-order valence-electron chi connectivity index (χ1n) is 8.62. The number of esters is 1. The van der Waals surface area contributed by atoms with Crippen LogP contribution in [0, 0.1) is 6.92 Å². The fraction of sp³-hybridized carbons (Fsp3) is 0.250. The van der Waals surface area contributed by atoms with Gasteiger partial charge < -0.3 is 14.5 Å². The smallest absolute Gasteiger partial charge is 0.359 e. The topological polar surface area (TPSA) is 72.7 Å². The zero-order chi connectivity index (χ0) is 18.1. The number of hydrogen-bond acceptors (Lipinski definition) is 4. The average Bonchev–Trinajstić information content (AvgIpc) is 3.42. The van der Waals surface area contributed by atoms with Crippen molar-refractivity contribution in [2.75, 3.05) is 11.9 Å². The van der Waals surface area contributed by atoms with Crippen molar-refractivity contribution >= 4 is 23.1 Å². The van der Waals surface area contributed by atoms with E-state index < -0.39 is 5.97 Å². The molecule has 1 aliphatic rings. The van der Waals surface area contributed by atoms with E-state index in [9.17, 15) is 9.59 Å². The number of hydrogen-bond donors (Lipinski definition) is 1. The maximum atomic E-state index is 12.4. The van der Waals surface area contributed by atoms with Crippen molar-refractivity contribution < 1.29 is 14.3 Å². The molecule has 0 aliphatic heterocycles. The summed E-state index contributed by atoms with van der Waals surface area (Å²) in [5.74, 6) is 0.320. The minimum Gasteiger partial charge on any atom is -0.451 e. The molecule has 4 rings (SSSR count). The summed E-state index contributed by atoms with van der Waals surface area (Å²) in [6.45, 7) is 1.62. The maximum absolute atomic E-state index is 12.4. The monoisotopic (exact) mass is 349 g/mol. The van der Waals surface area contributed by atoms with Crippen LogP contribution in [0.5, 0.6) is 0 Å². The number of rotatable bonds is 5. The van der Waals surface area contributed by atoms with Crippen LogP contribution in [0.4, 0.5) is 5.69 Å². The van der Waals surface area contributed by atoms with Crippen molar-refractivity contribution in [3.8, 4) is 0 Å². The summed E-state index contributed by atoms with van der Waals surface area (Å²) in [4.78, 5) is 28.9. The van der Waals surface area contributed by atoms with Crippen LogP contribution in [-0.2, 0) is 9.53 Å². The number of benzene rings is 1. The number of carbonyl (C=O) groups is 2. The van der Waals surface area contributed by atoms with Gasteiger partial charge in [-0.1, -0.05) is 23.8 Å². The first kappa shape index (κ1) is 16.3. The predicted molar refractivity (Wildman–Crippen MR) is 97.3 cm³/mol. The molecule has 0 radical (unpaired) electrons. The van der Waals surface area contributed by atoms with Crippen molar-refractivity contribution in [2.24, 2.45) is 0 Å². The Morgan fingerprint density at radius 2 is 1.96 bits per heavy atom. The lowest BCUT2D eigenvalue weighted by Crippen LogP contribution is -2.21. The lowest BCUT2D eigenvalue weighted by molar-refractivity contribution is -0.119. The summed E-state index contributed by atoms with van der Waals surface area (Å²) in [5, 5.41) is 2.70. The molecule has 0 spiro atoms. The highest BCUT2D eigenvalue weighted by atomic mass is 16.5. The molecule has 0 bridgehead atoms. The molecule has 6 nitrogen and oxygen atoms in total. The van der Waals surface area contributed by atoms with Gasteiger partial charge in [0.05, 0.1) is 5.52 Å². The van der Waals surface area contributed by atoms with Gasteiger partial charge in [-0.3, -0.25) is 4.79 Å². The van der Waals surface area contributed by atoms with Gasteiger partial charge in [-0.2, -0.15) is 0 Å². The zero-order valence-corrected chi connectivity index (χ0v) is 14.4. The molecule has 2 heterocycles. The SMILES string of the molecule is Cc1ccc(NC(=O)COC(=O)c2nc(C3CC3)n3ccccc23)cc1. The lowest BCUT2D eigenvalue weighted by Gasteiger charge is -2.06. The quantitative estimate of drug-likeness (QED) is 0.717. The van der Waals surface area contributed by atoms with Crippen LogP contribution in [0.3, 0.4) is 0 Å². The van der Waals surface area contributed by atoms with Gasteiger partial charge in [0.15, 0.2) is 12.3 Å². The second-order valence-electron chi connectivity index (χ2n) is 6.54. The molecular weight excluding hydrogens is 330 g/mol. The number of fused-ring (bicyclic) bond motifs is 1. The molecule has 132 valence electrons. The normalized spacial score (nSPS) is 13.6. The summed E-state index contributed by atoms with van der Waals surface area (Å²) >= 11 is 0. The number of nitrogens with zero attached hydrogens (tertiary/aromatic N) is 2. The van der Waals surface area contributed by atoms with E-state index in [1.807, 2.05) is 47.9 Å². The van der Waals surface area contributed by atoms with E-state index in [1.54, 1.807) is 12.1 Å². The van der Waals surface area contributed by atoms with Crippen LogP contribution in [-0.4, -0.2) is 27.9 Å². The molecule has 1 aromatic carbocycles. The number of anilines is 1. The summed E-state index contributed by atoms with van der Waals surface area (Å²) < 4.78 is 7.11. The molecule has 1 saturated carbocycles. The van der Waals surface area contributed by atoms with Crippen molar-refractivity contribution in [3.05, 3.63) is 65.7 Å². The molecule has 1 aliphatic carbocycles. The average molecular weight is 349 g/mol. The Bertz CT molecular complexity index is 972. The van der Waals surface area contributed by atoms with Crippen molar-refractivity contribution in [1.82, 2.24) is 9.38 Å². The fourth-order valence-corrected chi connectivity index (χ4v) is 2.87. The van der Waals surface area contributed by atoms with E-state index in [-0.39, 0.29) is 18.2 Å². The van der Waals surface area contributed by atoms with Crippen LogP contribution in [0.1, 0.15) is 40.6 Å². The van der Waals surface area contributed by atoms with Gasteiger partial charge in [0, 0.05) is 17.8 Å². The van der Waals surface area contributed by atoms with Gasteiger partial charge in [0.1, 0.15) is 5.82 Å². The van der Waals surface area contributed by atoms with Crippen LogP contribution in [0.2, 0.25) is 0 Å². The molecular formula is C20H19N3O3. The number of pyridine rings is 1. The molecule has 3 aromatic rings. The van der Waals surface area contributed by atoms with E-state index in [4.69, 9.17) is 4.74 Å². The lowest BCUT2D eigenvalue weighted by atomic mass is 10.2. The maximum Gasteiger partial charge on any atom is 0.359 e. The minimum atomic E-state index is -0.584. The van der Waals surface area contributed by atoms with Crippen LogP contribution in [0.25, 0.3) is 5.52 Å². The molecule has 6 heteroatoms. The van der Waals surface area contributed by atoms with Gasteiger partial charge in [-0.25, -0.2) is 9.78 Å². The standard InChI is InChI=1S/C20H19N3O3/c1-13-5-9-15(10-6-13)21-17(24)12-26-20(25)18-16-4-2-3-11-23(16)19(22-18)14-7-8-14/h2-6,9-11,14H,7-8,12H2,1H3,(H,21,24). The van der Waals surface area contributed by atoms with E-state index in [0.717, 1.165) is 24.2 Å². The first-order chi connectivity index (χ1) is 12.6. The minimum absolute atomic E-state index is 0.260. The molecule has 1 N–H and O–H groups in total. The number of nitrogens with one attached hydrogen (secondary N) is 1. The number of ether oxygens (including phenoxy) is 1. The zero-order valence-electron chi connectivity index (χ0n) is 14.4. The van der Waals surface area contributed by atoms with Crippen LogP contribution >= 0.6 is 0 Å². The fourth-order valence-electron chi connectivity index (χ4n) is 2.87. The second-order valence-corrected chi connectivity index (χ2v) is 6.54. The number of amides is 1. The van der Waals surface area contributed by atoms with Gasteiger partial charge in [-0.05, 0) is 44.0 Å². The number of aryl methyl sites for hydroxylation is 1. The molecule has 0 saturated heterocycles. The van der Waals surface area contributed by atoms with Gasteiger partial charge in [-0.15, -0.1) is 0 Å². The molecule has 1 amide bonds. The van der Waals surface area contributed by atoms with Gasteiger partial charge in [0.25, 0.3) is 5.91 Å². The highest BCUT2D eigenvalue weighted by molar-refractivity contribution is 5.98. The van der Waals surface area contributed by atoms with Crippen LogP contribution in [0.15, 0.2) is 48.7 Å². The number of aromatic nitrogens is 2. The molecule has 2 aromatic heterocycles. The largest absolute Gasteiger partial charge is 0.451 e. The molecule has 26 heavy (non-hydrogen) atoms. The van der Waals surface area contributed by atoms with E-state index in [2.05, 4.69) is 10.3 Å². The molecule has 0 atom stereocenters. The van der Waals surface area contributed by atoms with Crippen molar-refractivity contribution in [1.29, 1.82) is 0 Å². The molecule has 1 fully saturated rings. The van der Waals surface area contributed by atoms with Crippen LogP contribution < -0.4 is 5.32 Å².